The first kappa shape index (κ1) is 14.0. The molecule has 1 N–H and O–H groups in total. The molecule has 0 bridgehead atoms. The SMILES string of the molecule is CCC(CC)C(=O)N1CCOCC1CC(=O)O. The van der Waals surface area contributed by atoms with Gasteiger partial charge >= 0.3 is 5.97 Å². The normalized spacial score (nSPS) is 20.6. The molecular formula is C12H21NO4. The van der Waals surface area contributed by atoms with Crippen molar-refractivity contribution >= 4 is 11.9 Å². The van der Waals surface area contributed by atoms with Gasteiger partial charge in [0, 0.05) is 12.5 Å². The molecule has 1 unspecified atom stereocenters. The fourth-order valence-corrected chi connectivity index (χ4v) is 2.19. The third-order valence-electron chi connectivity index (χ3n) is 3.26. The van der Waals surface area contributed by atoms with Gasteiger partial charge in [0.05, 0.1) is 25.7 Å². The average molecular weight is 243 g/mol. The van der Waals surface area contributed by atoms with E-state index in [1.54, 1.807) is 4.90 Å². The summed E-state index contributed by atoms with van der Waals surface area (Å²) in [5.74, 6) is -0.809. The van der Waals surface area contributed by atoms with Crippen LogP contribution in [0.4, 0.5) is 0 Å². The predicted octanol–water partition coefficient (Wildman–Crippen LogP) is 1.12. The minimum atomic E-state index is -0.886. The minimum absolute atomic E-state index is 0.00407. The zero-order valence-electron chi connectivity index (χ0n) is 10.5. The van der Waals surface area contributed by atoms with Crippen LogP contribution in [0, 0.1) is 5.92 Å². The quantitative estimate of drug-likeness (QED) is 0.786. The Morgan fingerprint density at radius 1 is 1.41 bits per heavy atom. The molecule has 1 aliphatic heterocycles. The monoisotopic (exact) mass is 243 g/mol. The molecule has 1 heterocycles. The largest absolute Gasteiger partial charge is 0.481 e. The van der Waals surface area contributed by atoms with Crippen LogP contribution in [0.3, 0.4) is 0 Å². The van der Waals surface area contributed by atoms with Gasteiger partial charge in [-0.25, -0.2) is 0 Å². The van der Waals surface area contributed by atoms with Crippen molar-refractivity contribution in [1.82, 2.24) is 4.90 Å². The zero-order valence-corrected chi connectivity index (χ0v) is 10.5. The molecule has 98 valence electrons. The number of carboxylic acid groups (broad SMARTS) is 1. The van der Waals surface area contributed by atoms with Crippen LogP contribution in [0.2, 0.25) is 0 Å². The van der Waals surface area contributed by atoms with Crippen LogP contribution in [0.1, 0.15) is 33.1 Å². The molecule has 17 heavy (non-hydrogen) atoms. The maximum absolute atomic E-state index is 12.2. The number of amides is 1. The highest BCUT2D eigenvalue weighted by molar-refractivity contribution is 5.80. The molecule has 1 rings (SSSR count). The number of carbonyl (C=O) groups excluding carboxylic acids is 1. The molecule has 1 fully saturated rings. The molecule has 0 aromatic heterocycles. The van der Waals surface area contributed by atoms with E-state index in [2.05, 4.69) is 0 Å². The van der Waals surface area contributed by atoms with Crippen molar-refractivity contribution in [2.45, 2.75) is 39.2 Å². The Morgan fingerprint density at radius 2 is 2.06 bits per heavy atom. The van der Waals surface area contributed by atoms with Crippen LogP contribution in [0.25, 0.3) is 0 Å². The number of morpholine rings is 1. The van der Waals surface area contributed by atoms with Crippen LogP contribution in [-0.4, -0.2) is 47.7 Å². The molecule has 5 heteroatoms. The van der Waals surface area contributed by atoms with Gasteiger partial charge in [-0.05, 0) is 12.8 Å². The second kappa shape index (κ2) is 6.59. The van der Waals surface area contributed by atoms with Crippen LogP contribution in [0.5, 0.6) is 0 Å². The molecule has 1 atom stereocenters. The van der Waals surface area contributed by atoms with Crippen LogP contribution in [0.15, 0.2) is 0 Å². The highest BCUT2D eigenvalue weighted by atomic mass is 16.5. The molecule has 5 nitrogen and oxygen atoms in total. The third kappa shape index (κ3) is 3.70. The number of rotatable bonds is 5. The van der Waals surface area contributed by atoms with E-state index in [1.807, 2.05) is 13.8 Å². The molecule has 0 aromatic carbocycles. The number of aliphatic carboxylic acids is 1. The molecule has 1 aliphatic rings. The van der Waals surface area contributed by atoms with Gasteiger partial charge in [0.25, 0.3) is 0 Å². The molecule has 0 spiro atoms. The highest BCUT2D eigenvalue weighted by Crippen LogP contribution is 2.18. The van der Waals surface area contributed by atoms with Gasteiger partial charge in [-0.1, -0.05) is 13.8 Å². The van der Waals surface area contributed by atoms with Crippen molar-refractivity contribution < 1.29 is 19.4 Å². The molecule has 1 amide bonds. The standard InChI is InChI=1S/C12H21NO4/c1-3-9(4-2)12(16)13-5-6-17-8-10(13)7-11(14)15/h9-10H,3-8H2,1-2H3,(H,14,15). The fourth-order valence-electron chi connectivity index (χ4n) is 2.19. The maximum Gasteiger partial charge on any atom is 0.305 e. The summed E-state index contributed by atoms with van der Waals surface area (Å²) in [5.41, 5.74) is 0. The van der Waals surface area contributed by atoms with E-state index in [-0.39, 0.29) is 24.3 Å². The van der Waals surface area contributed by atoms with Gasteiger partial charge in [0.1, 0.15) is 0 Å². The lowest BCUT2D eigenvalue weighted by molar-refractivity contribution is -0.149. The van der Waals surface area contributed by atoms with Gasteiger partial charge in [-0.3, -0.25) is 9.59 Å². The fraction of sp³-hybridized carbons (Fsp3) is 0.833. The van der Waals surface area contributed by atoms with Crippen LogP contribution in [-0.2, 0) is 14.3 Å². The molecule has 0 radical (unpaired) electrons. The average Bonchev–Trinajstić information content (AvgIpc) is 2.30. The van der Waals surface area contributed by atoms with Crippen molar-refractivity contribution in [3.63, 3.8) is 0 Å². The molecule has 0 saturated carbocycles. The molecule has 0 aromatic rings. The first-order valence-electron chi connectivity index (χ1n) is 6.20. The van der Waals surface area contributed by atoms with E-state index in [1.165, 1.54) is 0 Å². The Labute approximate surface area is 102 Å². The highest BCUT2D eigenvalue weighted by Gasteiger charge is 2.31. The van der Waals surface area contributed by atoms with Gasteiger partial charge < -0.3 is 14.7 Å². The van der Waals surface area contributed by atoms with Gasteiger partial charge in [-0.15, -0.1) is 0 Å². The van der Waals surface area contributed by atoms with Crippen LogP contribution >= 0.6 is 0 Å². The summed E-state index contributed by atoms with van der Waals surface area (Å²) < 4.78 is 5.25. The van der Waals surface area contributed by atoms with Gasteiger partial charge in [0.2, 0.25) is 5.91 Å². The van der Waals surface area contributed by atoms with E-state index in [0.29, 0.717) is 19.8 Å². The molecular weight excluding hydrogens is 222 g/mol. The van der Waals surface area contributed by atoms with E-state index >= 15 is 0 Å². The minimum Gasteiger partial charge on any atom is -0.481 e. The van der Waals surface area contributed by atoms with Crippen LogP contribution < -0.4 is 0 Å². The second-order valence-corrected chi connectivity index (χ2v) is 4.37. The van der Waals surface area contributed by atoms with Gasteiger partial charge in [0.15, 0.2) is 0 Å². The smallest absolute Gasteiger partial charge is 0.305 e. The number of nitrogens with zero attached hydrogens (tertiary/aromatic N) is 1. The topological polar surface area (TPSA) is 66.8 Å². The summed E-state index contributed by atoms with van der Waals surface area (Å²) in [4.78, 5) is 24.7. The predicted molar refractivity (Wildman–Crippen MR) is 62.6 cm³/mol. The lowest BCUT2D eigenvalue weighted by atomic mass is 10.00. The summed E-state index contributed by atoms with van der Waals surface area (Å²) in [5, 5.41) is 8.82. The lowest BCUT2D eigenvalue weighted by Crippen LogP contribution is -2.51. The number of hydrogen-bond acceptors (Lipinski definition) is 3. The van der Waals surface area contributed by atoms with Crippen molar-refractivity contribution in [3.8, 4) is 0 Å². The Bertz CT molecular complexity index is 276. The summed E-state index contributed by atoms with van der Waals surface area (Å²) in [6, 6.07) is -0.311. The lowest BCUT2D eigenvalue weighted by Gasteiger charge is -2.36. The molecule has 0 aliphatic carbocycles. The Balaban J connectivity index is 2.69. The van der Waals surface area contributed by atoms with E-state index in [0.717, 1.165) is 12.8 Å². The third-order valence-corrected chi connectivity index (χ3v) is 3.26. The molecule has 1 saturated heterocycles. The first-order chi connectivity index (χ1) is 8.10. The van der Waals surface area contributed by atoms with Crippen molar-refractivity contribution in [3.05, 3.63) is 0 Å². The Kier molecular flexibility index (Phi) is 5.41. The van der Waals surface area contributed by atoms with E-state index in [9.17, 15) is 9.59 Å². The summed E-state index contributed by atoms with van der Waals surface area (Å²) in [6.45, 7) is 5.31. The second-order valence-electron chi connectivity index (χ2n) is 4.37. The number of carbonyl (C=O) groups is 2. The summed E-state index contributed by atoms with van der Waals surface area (Å²) >= 11 is 0. The Hall–Kier alpha value is -1.10. The first-order valence-corrected chi connectivity index (χ1v) is 6.20. The maximum atomic E-state index is 12.2. The van der Waals surface area contributed by atoms with Crippen molar-refractivity contribution in [2.75, 3.05) is 19.8 Å². The van der Waals surface area contributed by atoms with Crippen molar-refractivity contribution in [2.24, 2.45) is 5.92 Å². The number of carboxylic acids is 1. The summed E-state index contributed by atoms with van der Waals surface area (Å²) in [7, 11) is 0. The zero-order chi connectivity index (χ0) is 12.8. The van der Waals surface area contributed by atoms with E-state index in [4.69, 9.17) is 9.84 Å². The van der Waals surface area contributed by atoms with Gasteiger partial charge in [-0.2, -0.15) is 0 Å². The number of ether oxygens (including phenoxy) is 1. The Morgan fingerprint density at radius 3 is 2.59 bits per heavy atom. The van der Waals surface area contributed by atoms with Crippen molar-refractivity contribution in [1.29, 1.82) is 0 Å². The summed E-state index contributed by atoms with van der Waals surface area (Å²) in [6.07, 6.45) is 1.56. The van der Waals surface area contributed by atoms with E-state index < -0.39 is 5.97 Å². The number of hydrogen-bond donors (Lipinski definition) is 1.